The second-order valence-corrected chi connectivity index (χ2v) is 15.6. The lowest BCUT2D eigenvalue weighted by molar-refractivity contribution is -0.541. The molecule has 4 aliphatic carbocycles. The normalized spacial score (nSPS) is 43.3. The van der Waals surface area contributed by atoms with Crippen LogP contribution in [0, 0.1) is 46.3 Å². The van der Waals surface area contributed by atoms with E-state index in [2.05, 4.69) is 82.5 Å². The van der Waals surface area contributed by atoms with Gasteiger partial charge in [-0.25, -0.2) is 4.58 Å². The molecule has 0 aromatic rings. The van der Waals surface area contributed by atoms with Gasteiger partial charge in [0.1, 0.15) is 7.05 Å². The Kier molecular flexibility index (Phi) is 7.04. The molecule has 8 unspecified atom stereocenters. The van der Waals surface area contributed by atoms with Crippen molar-refractivity contribution < 1.29 is 4.58 Å². The van der Waals surface area contributed by atoms with Gasteiger partial charge in [-0.2, -0.15) is 0 Å². The summed E-state index contributed by atoms with van der Waals surface area (Å²) in [4.78, 5) is 2.69. The molecule has 2 heteroatoms. The summed E-state index contributed by atoms with van der Waals surface area (Å²) in [5.74, 6) is 5.54. The molecule has 2 nitrogen and oxygen atoms in total. The maximum Gasteiger partial charge on any atom is 0.182 e. The largest absolute Gasteiger partial charge is 0.374 e. The van der Waals surface area contributed by atoms with Crippen molar-refractivity contribution in [1.82, 2.24) is 4.90 Å². The second-order valence-electron chi connectivity index (χ2n) is 15.6. The molecule has 38 heavy (non-hydrogen) atoms. The number of hydrogen-bond donors (Lipinski definition) is 0. The van der Waals surface area contributed by atoms with Gasteiger partial charge in [0.25, 0.3) is 0 Å². The highest BCUT2D eigenvalue weighted by molar-refractivity contribution is 5.97. The summed E-state index contributed by atoms with van der Waals surface area (Å²) in [7, 11) is 4.79. The van der Waals surface area contributed by atoms with Gasteiger partial charge in [0.05, 0.1) is 5.41 Å². The molecule has 2 heterocycles. The van der Waals surface area contributed by atoms with Crippen molar-refractivity contribution in [2.45, 2.75) is 124 Å². The van der Waals surface area contributed by atoms with Gasteiger partial charge in [0.15, 0.2) is 11.8 Å². The maximum atomic E-state index is 2.69. The predicted octanol–water partition coefficient (Wildman–Crippen LogP) is 8.64. The van der Waals surface area contributed by atoms with Crippen molar-refractivity contribution >= 4 is 5.71 Å². The number of hydrogen-bond acceptors (Lipinski definition) is 1. The molecule has 0 aromatic heterocycles. The lowest BCUT2D eigenvalue weighted by Crippen LogP contribution is -2.45. The van der Waals surface area contributed by atoms with Gasteiger partial charge in [-0.3, -0.25) is 0 Å². The molecule has 0 spiro atoms. The zero-order valence-corrected chi connectivity index (χ0v) is 25.8. The van der Waals surface area contributed by atoms with Crippen molar-refractivity contribution in [2.75, 3.05) is 14.1 Å². The zero-order valence-electron chi connectivity index (χ0n) is 25.8. The van der Waals surface area contributed by atoms with Gasteiger partial charge in [-0.15, -0.1) is 0 Å². The van der Waals surface area contributed by atoms with Crippen molar-refractivity contribution in [3.05, 3.63) is 35.6 Å². The average molecular weight is 518 g/mol. The first-order valence-electron chi connectivity index (χ1n) is 16.5. The van der Waals surface area contributed by atoms with Crippen LogP contribution in [0.2, 0.25) is 0 Å². The van der Waals surface area contributed by atoms with E-state index in [1.165, 1.54) is 82.6 Å². The minimum atomic E-state index is 0.273. The van der Waals surface area contributed by atoms with Gasteiger partial charge in [0, 0.05) is 42.6 Å². The van der Waals surface area contributed by atoms with Crippen molar-refractivity contribution in [3.8, 4) is 0 Å². The van der Waals surface area contributed by atoms with E-state index in [4.69, 9.17) is 0 Å². The molecule has 4 saturated carbocycles. The fourth-order valence-corrected chi connectivity index (χ4v) is 11.5. The Balaban J connectivity index is 1.22. The molecule has 210 valence electrons. The Bertz CT molecular complexity index is 1040. The van der Waals surface area contributed by atoms with E-state index < -0.39 is 0 Å². The Morgan fingerprint density at radius 1 is 0.789 bits per heavy atom. The van der Waals surface area contributed by atoms with E-state index in [9.17, 15) is 0 Å². The average Bonchev–Trinajstić information content (AvgIpc) is 3.23. The van der Waals surface area contributed by atoms with Crippen LogP contribution in [-0.2, 0) is 0 Å². The fourth-order valence-electron chi connectivity index (χ4n) is 11.5. The smallest absolute Gasteiger partial charge is 0.182 e. The van der Waals surface area contributed by atoms with E-state index in [-0.39, 0.29) is 10.8 Å². The van der Waals surface area contributed by atoms with Crippen LogP contribution in [0.25, 0.3) is 0 Å². The van der Waals surface area contributed by atoms with Gasteiger partial charge < -0.3 is 4.90 Å². The summed E-state index contributed by atoms with van der Waals surface area (Å²) in [6.07, 6.45) is 27.3. The van der Waals surface area contributed by atoms with E-state index in [1.54, 1.807) is 11.4 Å². The molecule has 2 aliphatic heterocycles. The van der Waals surface area contributed by atoms with Gasteiger partial charge in [-0.05, 0) is 88.5 Å². The molecule has 1 saturated heterocycles. The Morgan fingerprint density at radius 2 is 1.39 bits per heavy atom. The van der Waals surface area contributed by atoms with E-state index in [0.29, 0.717) is 0 Å². The van der Waals surface area contributed by atoms with Crippen LogP contribution < -0.4 is 0 Å². The summed E-state index contributed by atoms with van der Waals surface area (Å²) in [6, 6.07) is 1.49. The van der Waals surface area contributed by atoms with E-state index in [0.717, 1.165) is 47.6 Å². The Morgan fingerprint density at radius 3 is 2.08 bits per heavy atom. The Hall–Kier alpha value is -1.31. The first-order chi connectivity index (χ1) is 18.1. The van der Waals surface area contributed by atoms with Crippen LogP contribution in [0.1, 0.15) is 112 Å². The molecule has 0 aromatic carbocycles. The molecular formula is C36H57N2+. The number of allylic oxidation sites excluding steroid dienone is 6. The molecule has 5 fully saturated rings. The van der Waals surface area contributed by atoms with Crippen LogP contribution in [0.5, 0.6) is 0 Å². The summed E-state index contributed by atoms with van der Waals surface area (Å²) in [5.41, 5.74) is 5.08. The van der Waals surface area contributed by atoms with Gasteiger partial charge in [-0.1, -0.05) is 70.1 Å². The van der Waals surface area contributed by atoms with Crippen molar-refractivity contribution in [1.29, 1.82) is 0 Å². The molecule has 8 atom stereocenters. The third kappa shape index (κ3) is 4.21. The summed E-state index contributed by atoms with van der Waals surface area (Å²) in [5, 5.41) is 0. The number of fused-ring (bicyclic) bond motifs is 6. The highest BCUT2D eigenvalue weighted by Crippen LogP contribution is 2.59. The highest BCUT2D eigenvalue weighted by Gasteiger charge is 2.59. The predicted molar refractivity (Wildman–Crippen MR) is 161 cm³/mol. The minimum absolute atomic E-state index is 0.273. The second kappa shape index (κ2) is 9.95. The van der Waals surface area contributed by atoms with Crippen LogP contribution in [0.3, 0.4) is 0 Å². The Labute approximate surface area is 234 Å². The summed E-state index contributed by atoms with van der Waals surface area (Å²) < 4.78 is 2.69. The minimum Gasteiger partial charge on any atom is -0.374 e. The first kappa shape index (κ1) is 26.9. The summed E-state index contributed by atoms with van der Waals surface area (Å²) >= 11 is 0. The topological polar surface area (TPSA) is 6.25 Å². The van der Waals surface area contributed by atoms with Gasteiger partial charge in [0.2, 0.25) is 0 Å². The zero-order chi connectivity index (χ0) is 26.8. The van der Waals surface area contributed by atoms with Crippen LogP contribution in [0.15, 0.2) is 35.6 Å². The van der Waals surface area contributed by atoms with E-state index in [1.807, 2.05) is 0 Å². The molecule has 0 N–H and O–H groups in total. The standard InChI is InChI=1S/C36H57N2/c1-24(16-22-31-35(2,3)33-27-14-10-8-12-25(27)18-20-29(33)37(31)6)17-23-32-36(4,5)34-28-15-11-9-13-26(28)19-21-30(34)38(32)7/h16-17,22-23,25-30,33-34H,8-15,18-21H2,1-7H3/q+1. The number of nitrogens with zero attached hydrogens (tertiary/aromatic N) is 2. The van der Waals surface area contributed by atoms with E-state index >= 15 is 0 Å². The maximum absolute atomic E-state index is 2.69. The molecular weight excluding hydrogens is 460 g/mol. The highest BCUT2D eigenvalue weighted by atomic mass is 15.2. The third-order valence-electron chi connectivity index (χ3n) is 13.1. The van der Waals surface area contributed by atoms with Crippen molar-refractivity contribution in [2.24, 2.45) is 46.3 Å². The van der Waals surface area contributed by atoms with Gasteiger partial charge >= 0.3 is 0 Å². The number of likely N-dealkylation sites (tertiary alicyclic amines) is 1. The molecule has 6 aliphatic rings. The third-order valence-corrected chi connectivity index (χ3v) is 13.1. The van der Waals surface area contributed by atoms with Crippen LogP contribution in [0.4, 0.5) is 0 Å². The fraction of sp³-hybridized carbons (Fsp3) is 0.806. The monoisotopic (exact) mass is 517 g/mol. The van der Waals surface area contributed by atoms with Crippen LogP contribution in [-0.4, -0.2) is 41.4 Å². The molecule has 0 bridgehead atoms. The SMILES string of the molecule is CC(C=CC1=[N+](C)C2CCC3CCCCC3C2C1(C)C)=CC=C1N(C)C2CCC3CCCCC3C2C1(C)C. The molecule has 6 rings (SSSR count). The molecule has 0 amide bonds. The first-order valence-corrected chi connectivity index (χ1v) is 16.5. The van der Waals surface area contributed by atoms with Crippen LogP contribution >= 0.6 is 0 Å². The quantitative estimate of drug-likeness (QED) is 0.268. The summed E-state index contributed by atoms with van der Waals surface area (Å²) in [6.45, 7) is 12.5. The lowest BCUT2D eigenvalue weighted by Gasteiger charge is -2.47. The number of rotatable bonds is 3. The van der Waals surface area contributed by atoms with Crippen molar-refractivity contribution in [3.63, 3.8) is 0 Å². The molecule has 0 radical (unpaired) electrons. The lowest BCUT2D eigenvalue weighted by atomic mass is 9.57.